The molecule has 1 atom stereocenters. The molecule has 1 aliphatic rings. The lowest BCUT2D eigenvalue weighted by Gasteiger charge is -2.23. The monoisotopic (exact) mass is 315 g/mol. The molecule has 0 aliphatic carbocycles. The molecule has 0 bridgehead atoms. The van der Waals surface area contributed by atoms with E-state index in [-0.39, 0.29) is 5.70 Å². The normalized spacial score (nSPS) is 16.2. The molecule has 120 valence electrons. The fourth-order valence-electron chi connectivity index (χ4n) is 2.38. The molecule has 0 spiro atoms. The van der Waals surface area contributed by atoms with E-state index >= 15 is 0 Å². The van der Waals surface area contributed by atoms with Crippen molar-refractivity contribution in [2.45, 2.75) is 25.8 Å². The summed E-state index contributed by atoms with van der Waals surface area (Å²) in [6, 6.07) is 7.07. The van der Waals surface area contributed by atoms with Crippen molar-refractivity contribution >= 4 is 11.9 Å². The number of allylic oxidation sites excluding steroid dienone is 1. The summed E-state index contributed by atoms with van der Waals surface area (Å²) in [5.74, 6) is -0.0674. The van der Waals surface area contributed by atoms with E-state index in [2.05, 4.69) is 27.8 Å². The number of fused-ring (bicyclic) bond motifs is 1. The number of benzene rings is 1. The number of carbonyl (C=O) groups is 1. The predicted molar refractivity (Wildman–Crippen MR) is 82.1 cm³/mol. The van der Waals surface area contributed by atoms with Crippen molar-refractivity contribution in [1.29, 1.82) is 0 Å². The molecule has 1 aliphatic heterocycles. The minimum absolute atomic E-state index is 0.0423. The molecule has 0 fully saturated rings. The lowest BCUT2D eigenvalue weighted by molar-refractivity contribution is -0.132. The lowest BCUT2D eigenvalue weighted by Crippen LogP contribution is -2.24. The second-order valence-electron chi connectivity index (χ2n) is 5.14. The van der Waals surface area contributed by atoms with Gasteiger partial charge in [-0.05, 0) is 29.0 Å². The molecule has 8 nitrogen and oxygen atoms in total. The van der Waals surface area contributed by atoms with Gasteiger partial charge >= 0.3 is 5.97 Å². The summed E-state index contributed by atoms with van der Waals surface area (Å²) >= 11 is 0. The fraction of sp³-hybridized carbons (Fsp3) is 0.333. The van der Waals surface area contributed by atoms with E-state index in [4.69, 9.17) is 4.74 Å². The summed E-state index contributed by atoms with van der Waals surface area (Å²) < 4.78 is 7.38. The molecule has 2 aromatic rings. The first kappa shape index (κ1) is 15.0. The van der Waals surface area contributed by atoms with Gasteiger partial charge in [0, 0.05) is 5.56 Å². The molecule has 0 saturated carbocycles. The van der Waals surface area contributed by atoms with Crippen LogP contribution in [0, 0.1) is 0 Å². The van der Waals surface area contributed by atoms with Crippen LogP contribution in [-0.2, 0) is 4.79 Å². The van der Waals surface area contributed by atoms with Crippen molar-refractivity contribution in [2.24, 2.45) is 0 Å². The first-order chi connectivity index (χ1) is 11.2. The molecule has 1 aromatic carbocycles. The maximum atomic E-state index is 11.3. The van der Waals surface area contributed by atoms with Crippen molar-refractivity contribution in [1.82, 2.24) is 20.2 Å². The Bertz CT molecular complexity index is 740. The zero-order valence-corrected chi connectivity index (χ0v) is 12.6. The van der Waals surface area contributed by atoms with Crippen LogP contribution in [0.2, 0.25) is 0 Å². The lowest BCUT2D eigenvalue weighted by atomic mass is 10.0. The van der Waals surface area contributed by atoms with Gasteiger partial charge in [0.05, 0.1) is 6.61 Å². The summed E-state index contributed by atoms with van der Waals surface area (Å²) in [6.45, 7) is 2.70. The SMILES string of the molecule is CCCCOc1ccccc1[C@H]1C=C(C(=O)O)Nc2nnnn21. The fourth-order valence-corrected chi connectivity index (χ4v) is 2.38. The Balaban J connectivity index is 1.99. The zero-order valence-electron chi connectivity index (χ0n) is 12.6. The van der Waals surface area contributed by atoms with Crippen molar-refractivity contribution in [3.8, 4) is 5.75 Å². The first-order valence-corrected chi connectivity index (χ1v) is 7.42. The van der Waals surface area contributed by atoms with Crippen LogP contribution in [0.5, 0.6) is 5.75 Å². The third-order valence-corrected chi connectivity index (χ3v) is 3.55. The Hall–Kier alpha value is -2.90. The average Bonchev–Trinajstić information content (AvgIpc) is 3.03. The number of para-hydroxylation sites is 1. The van der Waals surface area contributed by atoms with E-state index in [1.807, 2.05) is 24.3 Å². The van der Waals surface area contributed by atoms with Crippen LogP contribution >= 0.6 is 0 Å². The molecule has 8 heteroatoms. The number of ether oxygens (including phenoxy) is 1. The van der Waals surface area contributed by atoms with Gasteiger partial charge in [-0.2, -0.15) is 4.68 Å². The Morgan fingerprint density at radius 2 is 2.26 bits per heavy atom. The Morgan fingerprint density at radius 1 is 1.43 bits per heavy atom. The number of nitrogens with one attached hydrogen (secondary N) is 1. The number of tetrazole rings is 1. The number of aromatic nitrogens is 4. The molecule has 2 heterocycles. The minimum Gasteiger partial charge on any atom is -0.493 e. The van der Waals surface area contributed by atoms with Gasteiger partial charge in [0.15, 0.2) is 0 Å². The Kier molecular flexibility index (Phi) is 4.22. The second-order valence-corrected chi connectivity index (χ2v) is 5.14. The third-order valence-electron chi connectivity index (χ3n) is 3.55. The number of hydrogen-bond acceptors (Lipinski definition) is 6. The first-order valence-electron chi connectivity index (χ1n) is 7.42. The van der Waals surface area contributed by atoms with Crippen molar-refractivity contribution in [2.75, 3.05) is 11.9 Å². The van der Waals surface area contributed by atoms with Gasteiger partial charge < -0.3 is 15.2 Å². The number of hydrogen-bond donors (Lipinski definition) is 2. The van der Waals surface area contributed by atoms with Gasteiger partial charge in [0.2, 0.25) is 5.95 Å². The summed E-state index contributed by atoms with van der Waals surface area (Å²) in [5, 5.41) is 23.3. The van der Waals surface area contributed by atoms with Gasteiger partial charge in [-0.25, -0.2) is 4.79 Å². The van der Waals surface area contributed by atoms with Crippen LogP contribution in [0.4, 0.5) is 5.95 Å². The Morgan fingerprint density at radius 3 is 3.04 bits per heavy atom. The number of aliphatic carboxylic acids is 1. The van der Waals surface area contributed by atoms with Crippen LogP contribution < -0.4 is 10.1 Å². The topological polar surface area (TPSA) is 102 Å². The third kappa shape index (κ3) is 3.01. The number of nitrogens with zero attached hydrogens (tertiary/aromatic N) is 4. The number of carboxylic acid groups (broad SMARTS) is 1. The Labute approximate surface area is 132 Å². The molecular weight excluding hydrogens is 298 g/mol. The van der Waals surface area contributed by atoms with E-state index < -0.39 is 12.0 Å². The summed E-state index contributed by atoms with van der Waals surface area (Å²) in [7, 11) is 0. The van der Waals surface area contributed by atoms with Crippen molar-refractivity contribution < 1.29 is 14.6 Å². The standard InChI is InChI=1S/C15H17N5O3/c1-2-3-8-23-13-7-5-4-6-10(13)12-9-11(14(21)22)16-15-17-18-19-20(12)15/h4-7,9,12H,2-3,8H2,1H3,(H,21,22)(H,16,17,19)/t12-/m1/s1. The van der Waals surface area contributed by atoms with Crippen LogP contribution in [0.25, 0.3) is 0 Å². The largest absolute Gasteiger partial charge is 0.493 e. The van der Waals surface area contributed by atoms with Crippen LogP contribution in [0.3, 0.4) is 0 Å². The van der Waals surface area contributed by atoms with E-state index in [9.17, 15) is 9.90 Å². The van der Waals surface area contributed by atoms with E-state index in [1.165, 1.54) is 4.68 Å². The average molecular weight is 315 g/mol. The van der Waals surface area contributed by atoms with Crippen molar-refractivity contribution in [3.05, 3.63) is 41.6 Å². The van der Waals surface area contributed by atoms with E-state index in [0.717, 1.165) is 18.4 Å². The number of carboxylic acids is 1. The molecule has 2 N–H and O–H groups in total. The highest BCUT2D eigenvalue weighted by molar-refractivity contribution is 5.90. The van der Waals surface area contributed by atoms with Crippen molar-refractivity contribution in [3.63, 3.8) is 0 Å². The molecule has 3 rings (SSSR count). The molecule has 1 aromatic heterocycles. The molecular formula is C15H17N5O3. The summed E-state index contributed by atoms with van der Waals surface area (Å²) in [4.78, 5) is 11.3. The van der Waals surface area contributed by atoms with E-state index in [1.54, 1.807) is 6.08 Å². The van der Waals surface area contributed by atoms with Gasteiger partial charge in [0.1, 0.15) is 17.5 Å². The van der Waals surface area contributed by atoms with Gasteiger partial charge in [-0.15, -0.1) is 0 Å². The summed E-state index contributed by atoms with van der Waals surface area (Å²) in [6.07, 6.45) is 3.57. The maximum Gasteiger partial charge on any atom is 0.352 e. The molecule has 0 radical (unpaired) electrons. The highest BCUT2D eigenvalue weighted by Crippen LogP contribution is 2.33. The van der Waals surface area contributed by atoms with Gasteiger partial charge in [-0.3, -0.25) is 0 Å². The smallest absolute Gasteiger partial charge is 0.352 e. The number of rotatable bonds is 6. The van der Waals surface area contributed by atoms with Crippen LogP contribution in [0.1, 0.15) is 31.4 Å². The quantitative estimate of drug-likeness (QED) is 0.784. The number of anilines is 1. The molecule has 0 amide bonds. The minimum atomic E-state index is -1.06. The predicted octanol–water partition coefficient (Wildman–Crippen LogP) is 1.84. The van der Waals surface area contributed by atoms with Gasteiger partial charge in [-0.1, -0.05) is 36.6 Å². The molecule has 0 unspecified atom stereocenters. The zero-order chi connectivity index (χ0) is 16.2. The highest BCUT2D eigenvalue weighted by Gasteiger charge is 2.28. The highest BCUT2D eigenvalue weighted by atomic mass is 16.5. The molecule has 0 saturated heterocycles. The van der Waals surface area contributed by atoms with E-state index in [0.29, 0.717) is 18.3 Å². The van der Waals surface area contributed by atoms with Crippen LogP contribution in [-0.4, -0.2) is 37.9 Å². The maximum absolute atomic E-state index is 11.3. The van der Waals surface area contributed by atoms with Gasteiger partial charge in [0.25, 0.3) is 0 Å². The van der Waals surface area contributed by atoms with Crippen LogP contribution in [0.15, 0.2) is 36.0 Å². The second kappa shape index (κ2) is 6.47. The summed E-state index contributed by atoms with van der Waals surface area (Å²) in [5.41, 5.74) is 0.859. The number of unbranched alkanes of at least 4 members (excludes halogenated alkanes) is 1. The molecule has 23 heavy (non-hydrogen) atoms.